The first-order valence-electron chi connectivity index (χ1n) is 13.1. The Labute approximate surface area is 233 Å². The molecule has 2 fully saturated rings. The van der Waals surface area contributed by atoms with Gasteiger partial charge in [0, 0.05) is 51.8 Å². The second-order valence-corrected chi connectivity index (χ2v) is 11.3. The van der Waals surface area contributed by atoms with Crippen LogP contribution in [0.3, 0.4) is 0 Å². The molecule has 2 aliphatic rings. The van der Waals surface area contributed by atoms with E-state index in [0.717, 1.165) is 39.1 Å². The molecule has 0 aromatic heterocycles. The van der Waals surface area contributed by atoms with Crippen LogP contribution in [0.25, 0.3) is 0 Å². The molecule has 0 bridgehead atoms. The smallest absolute Gasteiger partial charge is 0.490 e. The van der Waals surface area contributed by atoms with Crippen molar-refractivity contribution < 1.29 is 45.8 Å². The number of benzene rings is 1. The molecule has 1 aromatic rings. The Bertz CT molecular complexity index is 1060. The number of likely N-dealkylation sites (tertiary alicyclic amines) is 1. The molecule has 2 aliphatic heterocycles. The quantitative estimate of drug-likeness (QED) is 0.394. The number of halogens is 3. The number of carboxylic acids is 1. The van der Waals surface area contributed by atoms with E-state index in [1.54, 1.807) is 6.07 Å². The monoisotopic (exact) mass is 596 g/mol. The zero-order chi connectivity index (χ0) is 29.8. The molecule has 11 nitrogen and oxygen atoms in total. The van der Waals surface area contributed by atoms with Gasteiger partial charge in [0.25, 0.3) is 0 Å². The van der Waals surface area contributed by atoms with Crippen LogP contribution in [0.2, 0.25) is 0 Å². The largest absolute Gasteiger partial charge is 0.493 e. The van der Waals surface area contributed by atoms with Gasteiger partial charge in [-0.2, -0.15) is 17.5 Å². The predicted octanol–water partition coefficient (Wildman–Crippen LogP) is 2.03. The van der Waals surface area contributed by atoms with Gasteiger partial charge in [0.05, 0.1) is 19.1 Å². The number of carbonyl (C=O) groups is 2. The number of carboxylic acid groups (broad SMARTS) is 1. The van der Waals surface area contributed by atoms with E-state index < -0.39 is 22.2 Å². The van der Waals surface area contributed by atoms with Crippen LogP contribution in [0.5, 0.6) is 11.5 Å². The lowest BCUT2D eigenvalue weighted by atomic mass is 10.1. The summed E-state index contributed by atoms with van der Waals surface area (Å²) < 4.78 is 70.9. The maximum atomic E-state index is 13.6. The van der Waals surface area contributed by atoms with E-state index in [2.05, 4.69) is 10.2 Å². The summed E-state index contributed by atoms with van der Waals surface area (Å²) in [5.41, 5.74) is 0. The van der Waals surface area contributed by atoms with Crippen LogP contribution in [-0.4, -0.2) is 119 Å². The number of nitrogens with zero attached hydrogens (tertiary/aromatic N) is 3. The Morgan fingerprint density at radius 1 is 1.00 bits per heavy atom. The first kappa shape index (κ1) is 33.6. The van der Waals surface area contributed by atoms with Crippen molar-refractivity contribution in [2.45, 2.75) is 43.2 Å². The average Bonchev–Trinajstić information content (AvgIpc) is 2.94. The summed E-state index contributed by atoms with van der Waals surface area (Å²) in [6.07, 6.45) is -0.505. The molecule has 2 N–H and O–H groups in total. The molecule has 0 aliphatic carbocycles. The van der Waals surface area contributed by atoms with Crippen molar-refractivity contribution in [3.63, 3.8) is 0 Å². The number of rotatable bonds is 11. The number of methoxy groups -OCH3 is 2. The number of nitrogens with one attached hydrogen (secondary N) is 1. The molecule has 2 heterocycles. The highest BCUT2D eigenvalue weighted by atomic mass is 32.2. The van der Waals surface area contributed by atoms with Crippen molar-refractivity contribution >= 4 is 21.9 Å². The molecular formula is C25H39F3N4O7S. The minimum absolute atomic E-state index is 0.0000389. The Kier molecular flexibility index (Phi) is 13.4. The summed E-state index contributed by atoms with van der Waals surface area (Å²) in [5.74, 6) is -1.92. The van der Waals surface area contributed by atoms with Gasteiger partial charge >= 0.3 is 12.1 Å². The molecular weight excluding hydrogens is 557 g/mol. The summed E-state index contributed by atoms with van der Waals surface area (Å²) in [7, 11) is -0.794. The molecule has 0 spiro atoms. The zero-order valence-electron chi connectivity index (χ0n) is 22.9. The van der Waals surface area contributed by atoms with Crippen LogP contribution in [0.15, 0.2) is 23.1 Å². The van der Waals surface area contributed by atoms with Crippen LogP contribution in [-0.2, 0) is 19.6 Å². The van der Waals surface area contributed by atoms with Gasteiger partial charge in [-0.3, -0.25) is 4.79 Å². The normalized spacial score (nSPS) is 16.7. The fourth-order valence-electron chi connectivity index (χ4n) is 4.42. The van der Waals surface area contributed by atoms with Gasteiger partial charge in [-0.1, -0.05) is 6.42 Å². The Morgan fingerprint density at radius 2 is 1.60 bits per heavy atom. The van der Waals surface area contributed by atoms with Crippen LogP contribution in [0.1, 0.15) is 32.1 Å². The molecule has 0 unspecified atom stereocenters. The van der Waals surface area contributed by atoms with E-state index in [-0.39, 0.29) is 23.8 Å². The highest BCUT2D eigenvalue weighted by Gasteiger charge is 2.38. The molecule has 0 atom stereocenters. The van der Waals surface area contributed by atoms with E-state index in [4.69, 9.17) is 19.4 Å². The molecule has 2 saturated heterocycles. The van der Waals surface area contributed by atoms with Crippen LogP contribution in [0, 0.1) is 0 Å². The lowest BCUT2D eigenvalue weighted by Gasteiger charge is -2.30. The molecule has 0 saturated carbocycles. The molecule has 228 valence electrons. The number of sulfonamides is 1. The fraction of sp³-hybridized carbons (Fsp3) is 0.680. The van der Waals surface area contributed by atoms with Gasteiger partial charge < -0.3 is 29.7 Å². The lowest BCUT2D eigenvalue weighted by Crippen LogP contribution is -2.47. The van der Waals surface area contributed by atoms with Crippen molar-refractivity contribution in [1.82, 2.24) is 19.4 Å². The van der Waals surface area contributed by atoms with Crippen LogP contribution in [0.4, 0.5) is 13.2 Å². The highest BCUT2D eigenvalue weighted by Crippen LogP contribution is 2.31. The Balaban J connectivity index is 0.000000708. The predicted molar refractivity (Wildman–Crippen MR) is 141 cm³/mol. The van der Waals surface area contributed by atoms with E-state index in [1.165, 1.54) is 49.9 Å². The number of hydrogen-bond acceptors (Lipinski definition) is 8. The molecule has 1 aromatic carbocycles. The van der Waals surface area contributed by atoms with E-state index in [9.17, 15) is 26.4 Å². The third-order valence-corrected chi connectivity index (χ3v) is 8.51. The Hall–Kier alpha value is -2.62. The number of amides is 1. The third-order valence-electron chi connectivity index (χ3n) is 6.61. The maximum absolute atomic E-state index is 13.6. The SMILES string of the molecule is COc1ccc(S(=O)(=O)N(CCCN2CCCCC2)CCC(=O)N2CCNCC2)cc1OC.O=C(O)C(F)(F)F. The molecule has 3 rings (SSSR count). The average molecular weight is 597 g/mol. The topological polar surface area (TPSA) is 129 Å². The van der Waals surface area contributed by atoms with Crippen molar-refractivity contribution in [2.24, 2.45) is 0 Å². The molecule has 15 heteroatoms. The summed E-state index contributed by atoms with van der Waals surface area (Å²) in [5, 5.41) is 10.4. The van der Waals surface area contributed by atoms with Gasteiger partial charge in [0.1, 0.15) is 0 Å². The van der Waals surface area contributed by atoms with Crippen molar-refractivity contribution in [3.05, 3.63) is 18.2 Å². The van der Waals surface area contributed by atoms with Gasteiger partial charge in [0.2, 0.25) is 15.9 Å². The van der Waals surface area contributed by atoms with Crippen LogP contribution >= 0.6 is 0 Å². The number of aliphatic carboxylic acids is 1. The number of piperidine rings is 1. The standard InChI is InChI=1S/C23H38N4O5S.C2HF3O2/c1-31-21-8-7-20(19-22(21)32-2)33(29,30)27(15-6-14-25-12-4-3-5-13-25)16-9-23(28)26-17-10-24-11-18-26;3-2(4,5)1(6)7/h7-8,19,24H,3-6,9-18H2,1-2H3;(H,6,7). The number of ether oxygens (including phenoxy) is 2. The van der Waals surface area contributed by atoms with Crippen molar-refractivity contribution in [2.75, 3.05) is 73.1 Å². The van der Waals surface area contributed by atoms with Crippen LogP contribution < -0.4 is 14.8 Å². The van der Waals surface area contributed by atoms with Gasteiger partial charge in [-0.25, -0.2) is 13.2 Å². The minimum Gasteiger partial charge on any atom is -0.493 e. The van der Waals surface area contributed by atoms with E-state index in [0.29, 0.717) is 31.1 Å². The second kappa shape index (κ2) is 16.0. The first-order chi connectivity index (χ1) is 18.9. The first-order valence-corrected chi connectivity index (χ1v) is 14.6. The molecule has 40 heavy (non-hydrogen) atoms. The second-order valence-electron chi connectivity index (χ2n) is 9.36. The van der Waals surface area contributed by atoms with Gasteiger partial charge in [0.15, 0.2) is 11.5 Å². The minimum atomic E-state index is -5.08. The van der Waals surface area contributed by atoms with Gasteiger partial charge in [-0.05, 0) is 51.0 Å². The Morgan fingerprint density at radius 3 is 2.15 bits per heavy atom. The number of carbonyl (C=O) groups excluding carboxylic acids is 1. The summed E-state index contributed by atoms with van der Waals surface area (Å²) in [6, 6.07) is 4.62. The summed E-state index contributed by atoms with van der Waals surface area (Å²) in [4.78, 5) is 26.0. The van der Waals surface area contributed by atoms with Gasteiger partial charge in [-0.15, -0.1) is 0 Å². The number of hydrogen-bond donors (Lipinski definition) is 2. The summed E-state index contributed by atoms with van der Waals surface area (Å²) in [6.45, 7) is 6.43. The molecule has 0 radical (unpaired) electrons. The van der Waals surface area contributed by atoms with E-state index >= 15 is 0 Å². The lowest BCUT2D eigenvalue weighted by molar-refractivity contribution is -0.192. The third kappa shape index (κ3) is 10.4. The van der Waals surface area contributed by atoms with E-state index in [1.807, 2.05) is 4.90 Å². The van der Waals surface area contributed by atoms with Crippen molar-refractivity contribution in [1.29, 1.82) is 0 Å². The molecule has 1 amide bonds. The fourth-order valence-corrected chi connectivity index (χ4v) is 5.92. The summed E-state index contributed by atoms with van der Waals surface area (Å²) >= 11 is 0. The highest BCUT2D eigenvalue weighted by molar-refractivity contribution is 7.89. The number of alkyl halides is 3. The van der Waals surface area contributed by atoms with Crippen molar-refractivity contribution in [3.8, 4) is 11.5 Å². The number of piperazine rings is 1. The maximum Gasteiger partial charge on any atom is 0.490 e. The zero-order valence-corrected chi connectivity index (χ0v) is 23.7.